The summed E-state index contributed by atoms with van der Waals surface area (Å²) in [4.78, 5) is 19.0. The Kier molecular flexibility index (Phi) is 5.71. The zero-order valence-corrected chi connectivity index (χ0v) is 15.8. The Bertz CT molecular complexity index is 708. The van der Waals surface area contributed by atoms with Crippen LogP contribution >= 0.6 is 11.3 Å². The molecular formula is C19H25N3O2S. The van der Waals surface area contributed by atoms with E-state index in [2.05, 4.69) is 22.2 Å². The largest absolute Gasteiger partial charge is 0.491 e. The van der Waals surface area contributed by atoms with Gasteiger partial charge in [-0.05, 0) is 58.0 Å². The number of nitrogens with zero attached hydrogens (tertiary/aromatic N) is 2. The molecule has 1 fully saturated rings. The molecule has 1 heterocycles. The Labute approximate surface area is 153 Å². The van der Waals surface area contributed by atoms with Gasteiger partial charge in [-0.2, -0.15) is 0 Å². The van der Waals surface area contributed by atoms with Gasteiger partial charge in [0.15, 0.2) is 0 Å². The maximum atomic E-state index is 12.2. The van der Waals surface area contributed by atoms with Crippen molar-refractivity contribution < 1.29 is 9.53 Å². The van der Waals surface area contributed by atoms with E-state index in [1.807, 2.05) is 43.5 Å². The summed E-state index contributed by atoms with van der Waals surface area (Å²) in [5.41, 5.74) is 1.48. The molecule has 0 atom stereocenters. The third kappa shape index (κ3) is 5.03. The van der Waals surface area contributed by atoms with Crippen LogP contribution in [0.4, 0.5) is 0 Å². The predicted molar refractivity (Wildman–Crippen MR) is 101 cm³/mol. The van der Waals surface area contributed by atoms with Gasteiger partial charge < -0.3 is 15.0 Å². The Balaban J connectivity index is 1.54. The molecule has 0 spiro atoms. The van der Waals surface area contributed by atoms with Gasteiger partial charge in [0.1, 0.15) is 16.5 Å². The van der Waals surface area contributed by atoms with Gasteiger partial charge in [0.2, 0.25) is 0 Å². The van der Waals surface area contributed by atoms with E-state index in [9.17, 15) is 4.79 Å². The van der Waals surface area contributed by atoms with Gasteiger partial charge >= 0.3 is 0 Å². The first-order valence-corrected chi connectivity index (χ1v) is 9.62. The molecule has 134 valence electrons. The predicted octanol–water partition coefficient (Wildman–Crippen LogP) is 3.42. The van der Waals surface area contributed by atoms with E-state index in [-0.39, 0.29) is 12.0 Å². The molecule has 0 saturated heterocycles. The van der Waals surface area contributed by atoms with Gasteiger partial charge in [-0.3, -0.25) is 4.79 Å². The molecule has 1 saturated carbocycles. The maximum absolute atomic E-state index is 12.2. The van der Waals surface area contributed by atoms with Crippen molar-refractivity contribution in [2.45, 2.75) is 38.8 Å². The molecule has 1 N–H and O–H groups in total. The SMILES string of the molecule is CC(C)Oc1ccc(-c2nc(C(=O)NCCN(C)C3CC3)cs2)cc1. The molecule has 1 aliphatic rings. The highest BCUT2D eigenvalue weighted by atomic mass is 32.1. The number of hydrogen-bond acceptors (Lipinski definition) is 5. The summed E-state index contributed by atoms with van der Waals surface area (Å²) in [6, 6.07) is 8.53. The second-order valence-corrected chi connectivity index (χ2v) is 7.55. The monoisotopic (exact) mass is 359 g/mol. The second-order valence-electron chi connectivity index (χ2n) is 6.70. The zero-order chi connectivity index (χ0) is 17.8. The van der Waals surface area contributed by atoms with Crippen LogP contribution in [-0.4, -0.2) is 48.1 Å². The van der Waals surface area contributed by atoms with Crippen molar-refractivity contribution >= 4 is 17.2 Å². The molecule has 0 unspecified atom stereocenters. The third-order valence-electron chi connectivity index (χ3n) is 4.13. The average molecular weight is 359 g/mol. The summed E-state index contributed by atoms with van der Waals surface area (Å²) in [7, 11) is 2.11. The number of carbonyl (C=O) groups excluding carboxylic acids is 1. The van der Waals surface area contributed by atoms with Crippen LogP contribution in [-0.2, 0) is 0 Å². The first-order valence-electron chi connectivity index (χ1n) is 8.74. The van der Waals surface area contributed by atoms with Crippen LogP contribution in [0.15, 0.2) is 29.6 Å². The Morgan fingerprint density at radius 2 is 2.08 bits per heavy atom. The van der Waals surface area contributed by atoms with Gasteiger partial charge in [-0.1, -0.05) is 0 Å². The minimum absolute atomic E-state index is 0.105. The van der Waals surface area contributed by atoms with Gasteiger partial charge in [0, 0.05) is 30.1 Å². The quantitative estimate of drug-likeness (QED) is 0.785. The van der Waals surface area contributed by atoms with E-state index in [1.54, 1.807) is 0 Å². The van der Waals surface area contributed by atoms with Crippen LogP contribution in [0, 0.1) is 0 Å². The number of likely N-dealkylation sites (N-methyl/N-ethyl adjacent to an activating group) is 1. The van der Waals surface area contributed by atoms with E-state index in [4.69, 9.17) is 4.74 Å². The number of benzene rings is 1. The maximum Gasteiger partial charge on any atom is 0.270 e. The highest BCUT2D eigenvalue weighted by Crippen LogP contribution is 2.26. The molecule has 6 heteroatoms. The molecule has 1 aromatic carbocycles. The molecule has 3 rings (SSSR count). The van der Waals surface area contributed by atoms with Crippen LogP contribution in [0.1, 0.15) is 37.2 Å². The van der Waals surface area contributed by atoms with Crippen molar-refractivity contribution in [2.24, 2.45) is 0 Å². The van der Waals surface area contributed by atoms with E-state index in [1.165, 1.54) is 24.2 Å². The number of carbonyl (C=O) groups is 1. The lowest BCUT2D eigenvalue weighted by molar-refractivity contribution is 0.0945. The number of ether oxygens (including phenoxy) is 1. The first kappa shape index (κ1) is 17.9. The molecule has 1 amide bonds. The smallest absolute Gasteiger partial charge is 0.270 e. The summed E-state index contributed by atoms with van der Waals surface area (Å²) < 4.78 is 5.65. The molecular weight excluding hydrogens is 334 g/mol. The topological polar surface area (TPSA) is 54.5 Å². The normalized spacial score (nSPS) is 14.1. The third-order valence-corrected chi connectivity index (χ3v) is 5.02. The highest BCUT2D eigenvalue weighted by Gasteiger charge is 2.25. The lowest BCUT2D eigenvalue weighted by Crippen LogP contribution is -2.34. The lowest BCUT2D eigenvalue weighted by atomic mass is 10.2. The fraction of sp³-hybridized carbons (Fsp3) is 0.474. The Hall–Kier alpha value is -1.92. The van der Waals surface area contributed by atoms with Crippen LogP contribution in [0.5, 0.6) is 5.75 Å². The Morgan fingerprint density at radius 3 is 2.72 bits per heavy atom. The lowest BCUT2D eigenvalue weighted by Gasteiger charge is -2.15. The number of rotatable bonds is 8. The van der Waals surface area contributed by atoms with Gasteiger partial charge in [-0.15, -0.1) is 11.3 Å². The minimum atomic E-state index is -0.105. The van der Waals surface area contributed by atoms with Gasteiger partial charge in [-0.25, -0.2) is 4.98 Å². The summed E-state index contributed by atoms with van der Waals surface area (Å²) in [5.74, 6) is 0.736. The van der Waals surface area contributed by atoms with E-state index < -0.39 is 0 Å². The number of aromatic nitrogens is 1. The van der Waals surface area contributed by atoms with Crippen molar-refractivity contribution in [3.8, 4) is 16.3 Å². The van der Waals surface area contributed by atoms with Crippen molar-refractivity contribution in [3.63, 3.8) is 0 Å². The summed E-state index contributed by atoms with van der Waals surface area (Å²) >= 11 is 1.48. The van der Waals surface area contributed by atoms with Gasteiger partial charge in [0.25, 0.3) is 5.91 Å². The summed E-state index contributed by atoms with van der Waals surface area (Å²) in [6.45, 7) is 5.54. The van der Waals surface area contributed by atoms with Crippen molar-refractivity contribution in [3.05, 3.63) is 35.3 Å². The van der Waals surface area contributed by atoms with Crippen LogP contribution < -0.4 is 10.1 Å². The van der Waals surface area contributed by atoms with E-state index in [0.717, 1.165) is 22.9 Å². The molecule has 1 aliphatic carbocycles. The summed E-state index contributed by atoms with van der Waals surface area (Å²) in [6.07, 6.45) is 2.71. The molecule has 0 radical (unpaired) electrons. The number of amides is 1. The fourth-order valence-corrected chi connectivity index (χ4v) is 3.40. The van der Waals surface area contributed by atoms with Crippen molar-refractivity contribution in [1.29, 1.82) is 0 Å². The molecule has 5 nitrogen and oxygen atoms in total. The zero-order valence-electron chi connectivity index (χ0n) is 15.0. The number of hydrogen-bond donors (Lipinski definition) is 1. The molecule has 1 aromatic heterocycles. The average Bonchev–Trinajstić information content (AvgIpc) is 3.32. The molecule has 25 heavy (non-hydrogen) atoms. The highest BCUT2D eigenvalue weighted by molar-refractivity contribution is 7.13. The van der Waals surface area contributed by atoms with Crippen molar-refractivity contribution in [2.75, 3.05) is 20.1 Å². The number of nitrogens with one attached hydrogen (secondary N) is 1. The Morgan fingerprint density at radius 1 is 1.36 bits per heavy atom. The second kappa shape index (κ2) is 7.97. The first-order chi connectivity index (χ1) is 12.0. The molecule has 0 bridgehead atoms. The summed E-state index contributed by atoms with van der Waals surface area (Å²) in [5, 5.41) is 5.61. The van der Waals surface area contributed by atoms with Gasteiger partial charge in [0.05, 0.1) is 6.10 Å². The van der Waals surface area contributed by atoms with Crippen molar-refractivity contribution in [1.82, 2.24) is 15.2 Å². The minimum Gasteiger partial charge on any atom is -0.491 e. The van der Waals surface area contributed by atoms with E-state index in [0.29, 0.717) is 18.3 Å². The van der Waals surface area contributed by atoms with Crippen LogP contribution in [0.3, 0.4) is 0 Å². The van der Waals surface area contributed by atoms with E-state index >= 15 is 0 Å². The van der Waals surface area contributed by atoms with Crippen LogP contribution in [0.25, 0.3) is 10.6 Å². The number of thiazole rings is 1. The van der Waals surface area contributed by atoms with Crippen LogP contribution in [0.2, 0.25) is 0 Å². The standard InChI is InChI=1S/C19H25N3O2S/c1-13(2)24-16-8-4-14(5-9-16)19-21-17(12-25-19)18(23)20-10-11-22(3)15-6-7-15/h4-5,8-9,12-13,15H,6-7,10-11H2,1-3H3,(H,20,23). The fourth-order valence-electron chi connectivity index (χ4n) is 2.59. The molecule has 2 aromatic rings. The molecule has 0 aliphatic heterocycles.